The van der Waals surface area contributed by atoms with Crippen molar-refractivity contribution >= 4 is 33.5 Å². The van der Waals surface area contributed by atoms with Crippen LogP contribution >= 0.6 is 11.8 Å². The van der Waals surface area contributed by atoms with Gasteiger partial charge in [-0.1, -0.05) is 36.4 Å². The number of hydrogen-bond donors (Lipinski definition) is 2. The molecule has 4 rings (SSSR count). The van der Waals surface area contributed by atoms with Crippen molar-refractivity contribution in [2.75, 3.05) is 5.75 Å². The molecule has 1 atom stereocenters. The Bertz CT molecular complexity index is 1320. The number of benzene rings is 3. The molecule has 0 aromatic heterocycles. The number of halogens is 1. The number of thioether (sulfide) groups is 1. The largest absolute Gasteiger partial charge is 0.345 e. The standard InChI is InChI=1S/C25H23FN2O4S2/c1-16(29)18-9-11-20(12-10-18)34(31,32)27-15-17-5-7-19(8-6-17)25(30)28-23-13-14-33-24-21(23)3-2-4-22(24)26/h2-12,23,27H,13-15H2,1H3,(H,28,30)/t23-/m0/s1. The van der Waals surface area contributed by atoms with E-state index in [1.807, 2.05) is 6.07 Å². The van der Waals surface area contributed by atoms with E-state index in [1.165, 1.54) is 49.0 Å². The molecule has 1 heterocycles. The van der Waals surface area contributed by atoms with Crippen molar-refractivity contribution in [1.82, 2.24) is 10.0 Å². The Morgan fingerprint density at radius 1 is 1.00 bits per heavy atom. The van der Waals surface area contributed by atoms with E-state index in [-0.39, 0.29) is 35.0 Å². The van der Waals surface area contributed by atoms with E-state index < -0.39 is 10.0 Å². The van der Waals surface area contributed by atoms with E-state index in [1.54, 1.807) is 30.3 Å². The first-order chi connectivity index (χ1) is 16.2. The van der Waals surface area contributed by atoms with Gasteiger partial charge < -0.3 is 5.32 Å². The Morgan fingerprint density at radius 3 is 2.35 bits per heavy atom. The van der Waals surface area contributed by atoms with Crippen LogP contribution in [-0.2, 0) is 16.6 Å². The summed E-state index contributed by atoms with van der Waals surface area (Å²) in [5.74, 6) is 0.0303. The lowest BCUT2D eigenvalue weighted by Crippen LogP contribution is -2.31. The number of fused-ring (bicyclic) bond motifs is 1. The Balaban J connectivity index is 1.38. The minimum absolute atomic E-state index is 0.0468. The van der Waals surface area contributed by atoms with Crippen LogP contribution in [0.4, 0.5) is 4.39 Å². The number of amides is 1. The molecule has 6 nitrogen and oxygen atoms in total. The zero-order valence-electron chi connectivity index (χ0n) is 18.4. The number of carbonyl (C=O) groups is 2. The second-order valence-electron chi connectivity index (χ2n) is 7.92. The summed E-state index contributed by atoms with van der Waals surface area (Å²) in [6.45, 7) is 1.46. The van der Waals surface area contributed by atoms with E-state index in [0.717, 1.165) is 11.3 Å². The fraction of sp³-hybridized carbons (Fsp3) is 0.200. The van der Waals surface area contributed by atoms with Gasteiger partial charge in [-0.05, 0) is 54.8 Å². The maximum atomic E-state index is 14.1. The molecule has 3 aromatic rings. The predicted molar refractivity (Wildman–Crippen MR) is 129 cm³/mol. The summed E-state index contributed by atoms with van der Waals surface area (Å²) in [5.41, 5.74) is 2.34. The van der Waals surface area contributed by atoms with Crippen LogP contribution in [0.1, 0.15) is 51.2 Å². The van der Waals surface area contributed by atoms with Crippen molar-refractivity contribution in [3.63, 3.8) is 0 Å². The van der Waals surface area contributed by atoms with E-state index >= 15 is 0 Å². The minimum Gasteiger partial charge on any atom is -0.345 e. The highest BCUT2D eigenvalue weighted by Crippen LogP contribution is 2.37. The maximum absolute atomic E-state index is 14.1. The van der Waals surface area contributed by atoms with Crippen molar-refractivity contribution in [2.24, 2.45) is 0 Å². The van der Waals surface area contributed by atoms with Crippen molar-refractivity contribution in [2.45, 2.75) is 35.7 Å². The molecule has 0 fully saturated rings. The lowest BCUT2D eigenvalue weighted by molar-refractivity contribution is 0.0934. The topological polar surface area (TPSA) is 92.3 Å². The Kier molecular flexibility index (Phi) is 7.16. The van der Waals surface area contributed by atoms with Crippen molar-refractivity contribution in [3.05, 3.63) is 94.8 Å². The van der Waals surface area contributed by atoms with Crippen LogP contribution in [0.2, 0.25) is 0 Å². The maximum Gasteiger partial charge on any atom is 0.251 e. The minimum atomic E-state index is -3.75. The Hall–Kier alpha value is -3.01. The second-order valence-corrected chi connectivity index (χ2v) is 10.8. The molecular formula is C25H23FN2O4S2. The molecule has 2 N–H and O–H groups in total. The highest BCUT2D eigenvalue weighted by Gasteiger charge is 2.25. The Labute approximate surface area is 202 Å². The van der Waals surface area contributed by atoms with E-state index in [4.69, 9.17) is 0 Å². The highest BCUT2D eigenvalue weighted by molar-refractivity contribution is 7.99. The van der Waals surface area contributed by atoms with Gasteiger partial charge in [0.2, 0.25) is 10.0 Å². The number of sulfonamides is 1. The van der Waals surface area contributed by atoms with Crippen LogP contribution < -0.4 is 10.0 Å². The van der Waals surface area contributed by atoms with E-state index in [0.29, 0.717) is 28.0 Å². The first-order valence-electron chi connectivity index (χ1n) is 10.7. The number of Topliss-reactive ketones (excluding diaryl/α,β-unsaturated/α-hetero) is 1. The summed E-state index contributed by atoms with van der Waals surface area (Å²) < 4.78 is 41.6. The molecule has 1 aliphatic heterocycles. The molecule has 1 amide bonds. The van der Waals surface area contributed by atoms with Crippen molar-refractivity contribution < 1.29 is 22.4 Å². The highest BCUT2D eigenvalue weighted by atomic mass is 32.2. The molecule has 0 saturated heterocycles. The van der Waals surface area contributed by atoms with Gasteiger partial charge in [-0.2, -0.15) is 0 Å². The zero-order chi connectivity index (χ0) is 24.3. The zero-order valence-corrected chi connectivity index (χ0v) is 20.0. The van der Waals surface area contributed by atoms with Crippen molar-refractivity contribution in [3.8, 4) is 0 Å². The molecule has 176 valence electrons. The summed E-state index contributed by atoms with van der Waals surface area (Å²) in [4.78, 5) is 24.8. The fourth-order valence-electron chi connectivity index (χ4n) is 3.68. The van der Waals surface area contributed by atoms with Gasteiger partial charge in [-0.15, -0.1) is 11.8 Å². The summed E-state index contributed by atoms with van der Waals surface area (Å²) in [7, 11) is -3.75. The van der Waals surface area contributed by atoms with Gasteiger partial charge in [0.05, 0.1) is 10.9 Å². The third-order valence-electron chi connectivity index (χ3n) is 5.58. The molecule has 0 radical (unpaired) electrons. The van der Waals surface area contributed by atoms with Crippen LogP contribution in [0.25, 0.3) is 0 Å². The first kappa shape index (κ1) is 24.1. The van der Waals surface area contributed by atoms with Crippen LogP contribution in [0.15, 0.2) is 76.5 Å². The number of hydrogen-bond acceptors (Lipinski definition) is 5. The normalized spacial score (nSPS) is 15.4. The van der Waals surface area contributed by atoms with E-state index in [2.05, 4.69) is 10.0 Å². The van der Waals surface area contributed by atoms with Gasteiger partial charge in [0, 0.05) is 28.3 Å². The monoisotopic (exact) mass is 498 g/mol. The van der Waals surface area contributed by atoms with Gasteiger partial charge in [-0.25, -0.2) is 17.5 Å². The first-order valence-corrected chi connectivity index (χ1v) is 13.1. The fourth-order valence-corrected chi connectivity index (χ4v) is 5.84. The predicted octanol–water partition coefficient (Wildman–Crippen LogP) is 4.47. The molecule has 0 aliphatic carbocycles. The van der Waals surface area contributed by atoms with Crippen LogP contribution in [0.3, 0.4) is 0 Å². The van der Waals surface area contributed by atoms with Gasteiger partial charge >= 0.3 is 0 Å². The lowest BCUT2D eigenvalue weighted by Gasteiger charge is -2.26. The molecule has 34 heavy (non-hydrogen) atoms. The van der Waals surface area contributed by atoms with Crippen LogP contribution in [0, 0.1) is 5.82 Å². The molecule has 0 bridgehead atoms. The van der Waals surface area contributed by atoms with Crippen molar-refractivity contribution in [1.29, 1.82) is 0 Å². The van der Waals surface area contributed by atoms with E-state index in [9.17, 15) is 22.4 Å². The second kappa shape index (κ2) is 10.1. The van der Waals surface area contributed by atoms with Gasteiger partial charge in [0.1, 0.15) is 5.82 Å². The smallest absolute Gasteiger partial charge is 0.251 e. The number of nitrogens with one attached hydrogen (secondary N) is 2. The summed E-state index contributed by atoms with van der Waals surface area (Å²) in [5, 5.41) is 2.97. The third kappa shape index (κ3) is 5.38. The van der Waals surface area contributed by atoms with Crippen LogP contribution in [-0.4, -0.2) is 25.9 Å². The average Bonchev–Trinajstić information content (AvgIpc) is 2.84. The molecule has 0 saturated carbocycles. The molecule has 0 unspecified atom stereocenters. The summed E-state index contributed by atoms with van der Waals surface area (Å²) >= 11 is 1.45. The Morgan fingerprint density at radius 2 is 1.68 bits per heavy atom. The molecule has 0 spiro atoms. The van der Waals surface area contributed by atoms with Gasteiger partial charge in [0.25, 0.3) is 5.91 Å². The quantitative estimate of drug-likeness (QED) is 0.469. The molecule has 3 aromatic carbocycles. The number of ketones is 1. The molecule has 1 aliphatic rings. The molecular weight excluding hydrogens is 475 g/mol. The molecule has 9 heteroatoms. The average molecular weight is 499 g/mol. The number of rotatable bonds is 7. The third-order valence-corrected chi connectivity index (χ3v) is 8.16. The lowest BCUT2D eigenvalue weighted by atomic mass is 10.0. The van der Waals surface area contributed by atoms with Gasteiger partial charge in [0.15, 0.2) is 5.78 Å². The number of carbonyl (C=O) groups excluding carboxylic acids is 2. The summed E-state index contributed by atoms with van der Waals surface area (Å²) in [6, 6.07) is 17.0. The van der Waals surface area contributed by atoms with Gasteiger partial charge in [-0.3, -0.25) is 9.59 Å². The summed E-state index contributed by atoms with van der Waals surface area (Å²) in [6.07, 6.45) is 0.708. The SMILES string of the molecule is CC(=O)c1ccc(S(=O)(=O)NCc2ccc(C(=O)N[C@H]3CCSc4c(F)cccc43)cc2)cc1. The van der Waals surface area contributed by atoms with Crippen LogP contribution in [0.5, 0.6) is 0 Å².